The van der Waals surface area contributed by atoms with E-state index < -0.39 is 72.2 Å². The third-order valence-electron chi connectivity index (χ3n) is 10.4. The molecule has 3 heterocycles. The Morgan fingerprint density at radius 3 is 2.33 bits per heavy atom. The number of ether oxygens (including phenoxy) is 2. The molecule has 2 bridgehead atoms. The number of likely N-dealkylation sites (tertiary alicyclic amines) is 1. The van der Waals surface area contributed by atoms with Gasteiger partial charge in [-0.3, -0.25) is 19.2 Å². The monoisotopic (exact) mass is 725 g/mol. The summed E-state index contributed by atoms with van der Waals surface area (Å²) in [6.07, 6.45) is 3.14. The van der Waals surface area contributed by atoms with Crippen LogP contribution in [0.4, 0.5) is 5.69 Å². The number of aliphatic hydroxyl groups is 1. The first kappa shape index (κ1) is 37.0. The second-order valence-corrected chi connectivity index (χ2v) is 14.0. The fourth-order valence-electron chi connectivity index (χ4n) is 8.20. The molecule has 3 aromatic rings. The molecule has 6 rings (SSSR count). The van der Waals surface area contributed by atoms with Gasteiger partial charge in [0.1, 0.15) is 17.7 Å². The van der Waals surface area contributed by atoms with Crippen LogP contribution in [0.3, 0.4) is 0 Å². The molecule has 10 nitrogen and oxygen atoms in total. The van der Waals surface area contributed by atoms with Gasteiger partial charge in [-0.25, -0.2) is 0 Å². The number of rotatable bonds is 15. The van der Waals surface area contributed by atoms with E-state index in [4.69, 9.17) is 21.1 Å². The summed E-state index contributed by atoms with van der Waals surface area (Å²) < 4.78 is 13.0. The van der Waals surface area contributed by atoms with Crippen LogP contribution in [0, 0.1) is 11.8 Å². The lowest BCUT2D eigenvalue weighted by molar-refractivity contribution is -0.162. The lowest BCUT2D eigenvalue weighted by Gasteiger charge is -2.39. The molecule has 0 aromatic heterocycles. The van der Waals surface area contributed by atoms with Crippen molar-refractivity contribution in [2.24, 2.45) is 11.8 Å². The van der Waals surface area contributed by atoms with Crippen molar-refractivity contribution < 1.29 is 33.8 Å². The van der Waals surface area contributed by atoms with E-state index in [-0.39, 0.29) is 18.9 Å². The molecular formula is C41H44ClN3O7. The number of halogens is 1. The number of amides is 3. The van der Waals surface area contributed by atoms with Crippen LogP contribution >= 0.6 is 11.6 Å². The zero-order valence-corrected chi connectivity index (χ0v) is 29.9. The minimum atomic E-state index is -1.39. The highest BCUT2D eigenvalue weighted by Gasteiger charge is 2.76. The first-order chi connectivity index (χ1) is 25.2. The van der Waals surface area contributed by atoms with Crippen molar-refractivity contribution in [3.63, 3.8) is 0 Å². The van der Waals surface area contributed by atoms with Crippen LogP contribution in [-0.2, 0) is 28.7 Å². The van der Waals surface area contributed by atoms with Gasteiger partial charge < -0.3 is 29.7 Å². The molecule has 0 radical (unpaired) electrons. The molecule has 3 amide bonds. The van der Waals surface area contributed by atoms with E-state index in [2.05, 4.69) is 18.5 Å². The Bertz CT molecular complexity index is 1810. The molecular weight excluding hydrogens is 682 g/mol. The average Bonchev–Trinajstić information content (AvgIpc) is 3.80. The number of nitrogens with zero attached hydrogens (tertiary/aromatic N) is 2. The quantitative estimate of drug-likeness (QED) is 0.152. The van der Waals surface area contributed by atoms with E-state index in [0.717, 1.165) is 0 Å². The zero-order chi connectivity index (χ0) is 37.0. The van der Waals surface area contributed by atoms with Crippen LogP contribution < -0.4 is 10.2 Å². The lowest BCUT2D eigenvalue weighted by Crippen LogP contribution is -2.57. The van der Waals surface area contributed by atoms with E-state index in [1.807, 2.05) is 36.4 Å². The molecule has 3 aromatic carbocycles. The van der Waals surface area contributed by atoms with Crippen molar-refractivity contribution in [3.8, 4) is 0 Å². The predicted octanol–water partition coefficient (Wildman–Crippen LogP) is 5.72. The molecule has 3 aliphatic heterocycles. The normalized spacial score (nSPS) is 24.8. The van der Waals surface area contributed by atoms with E-state index in [0.29, 0.717) is 41.1 Å². The number of aliphatic hydroxyl groups excluding tert-OH is 1. The Morgan fingerprint density at radius 1 is 1.04 bits per heavy atom. The Morgan fingerprint density at radius 2 is 1.69 bits per heavy atom. The highest BCUT2D eigenvalue weighted by Crippen LogP contribution is 2.60. The summed E-state index contributed by atoms with van der Waals surface area (Å²) in [7, 11) is 0. The summed E-state index contributed by atoms with van der Waals surface area (Å²) in [5.74, 6) is -3.94. The molecule has 3 fully saturated rings. The molecule has 11 heteroatoms. The molecule has 272 valence electrons. The predicted molar refractivity (Wildman–Crippen MR) is 197 cm³/mol. The number of carbonyl (C=O) groups is 4. The Labute approximate surface area is 309 Å². The number of allylic oxidation sites excluding steroid dienone is 1. The summed E-state index contributed by atoms with van der Waals surface area (Å²) in [5, 5.41) is 14.1. The minimum absolute atomic E-state index is 0.0844. The van der Waals surface area contributed by atoms with Gasteiger partial charge in [-0.1, -0.05) is 96.5 Å². The first-order valence-electron chi connectivity index (χ1n) is 17.6. The second-order valence-electron chi connectivity index (χ2n) is 13.6. The molecule has 8 atom stereocenters. The van der Waals surface area contributed by atoms with Crippen LogP contribution in [0.15, 0.2) is 110 Å². The largest absolute Gasteiger partial charge is 0.455 e. The van der Waals surface area contributed by atoms with Gasteiger partial charge in [0, 0.05) is 13.0 Å². The fraction of sp³-hybridized carbons (Fsp3) is 0.366. The number of anilines is 1. The molecule has 2 N–H and O–H groups in total. The van der Waals surface area contributed by atoms with E-state index in [1.54, 1.807) is 67.6 Å². The highest BCUT2D eigenvalue weighted by molar-refractivity contribution is 6.34. The smallest absolute Gasteiger partial charge is 0.313 e. The molecule has 52 heavy (non-hydrogen) atoms. The van der Waals surface area contributed by atoms with E-state index in [1.165, 1.54) is 9.80 Å². The maximum absolute atomic E-state index is 15.0. The van der Waals surface area contributed by atoms with Gasteiger partial charge in [0.2, 0.25) is 11.8 Å². The Kier molecular flexibility index (Phi) is 11.3. The minimum Gasteiger partial charge on any atom is -0.455 e. The van der Waals surface area contributed by atoms with Crippen LogP contribution in [0.5, 0.6) is 0 Å². The number of benzene rings is 3. The van der Waals surface area contributed by atoms with Gasteiger partial charge in [0.25, 0.3) is 5.91 Å². The van der Waals surface area contributed by atoms with Gasteiger partial charge in [0.05, 0.1) is 47.3 Å². The van der Waals surface area contributed by atoms with Crippen molar-refractivity contribution in [1.29, 1.82) is 0 Å². The van der Waals surface area contributed by atoms with Gasteiger partial charge >= 0.3 is 5.97 Å². The third-order valence-corrected chi connectivity index (χ3v) is 10.8. The number of esters is 1. The zero-order valence-electron chi connectivity index (χ0n) is 29.1. The molecule has 0 unspecified atom stereocenters. The second kappa shape index (κ2) is 15.9. The average molecular weight is 726 g/mol. The number of fused-ring (bicyclic) bond motifs is 1. The Hall–Kier alpha value is -4.77. The van der Waals surface area contributed by atoms with Crippen LogP contribution in [0.1, 0.15) is 55.9 Å². The highest BCUT2D eigenvalue weighted by atomic mass is 35.5. The topological polar surface area (TPSA) is 125 Å². The van der Waals surface area contributed by atoms with Crippen molar-refractivity contribution >= 4 is 41.0 Å². The molecule has 1 spiro atoms. The number of hydrogen-bond donors (Lipinski definition) is 2. The van der Waals surface area contributed by atoms with Gasteiger partial charge in [-0.15, -0.1) is 13.2 Å². The van der Waals surface area contributed by atoms with Gasteiger partial charge in [-0.2, -0.15) is 0 Å². The maximum Gasteiger partial charge on any atom is 0.313 e. The summed E-state index contributed by atoms with van der Waals surface area (Å²) in [5.41, 5.74) is 0.333. The molecule has 0 aliphatic carbocycles. The van der Waals surface area contributed by atoms with Crippen LogP contribution in [-0.4, -0.2) is 70.6 Å². The molecule has 0 saturated carbocycles. The van der Waals surface area contributed by atoms with Crippen LogP contribution in [0.25, 0.3) is 0 Å². The summed E-state index contributed by atoms with van der Waals surface area (Å²) >= 11 is 6.62. The van der Waals surface area contributed by atoms with Crippen molar-refractivity contribution in [3.05, 3.63) is 126 Å². The summed E-state index contributed by atoms with van der Waals surface area (Å²) in [4.78, 5) is 60.1. The summed E-state index contributed by atoms with van der Waals surface area (Å²) in [6, 6.07) is 22.3. The number of hydrogen-bond acceptors (Lipinski definition) is 7. The van der Waals surface area contributed by atoms with E-state index >= 15 is 4.79 Å². The summed E-state index contributed by atoms with van der Waals surface area (Å²) in [6.45, 7) is 8.92. The number of para-hydroxylation sites is 1. The first-order valence-corrected chi connectivity index (χ1v) is 18.0. The van der Waals surface area contributed by atoms with E-state index in [9.17, 15) is 19.5 Å². The number of carbonyl (C=O) groups excluding carboxylic acids is 4. The van der Waals surface area contributed by atoms with Crippen LogP contribution in [0.2, 0.25) is 5.02 Å². The van der Waals surface area contributed by atoms with Gasteiger partial charge in [-0.05, 0) is 49.4 Å². The third kappa shape index (κ3) is 6.78. The fourth-order valence-corrected chi connectivity index (χ4v) is 8.44. The van der Waals surface area contributed by atoms with Gasteiger partial charge in [0.15, 0.2) is 0 Å². The Balaban J connectivity index is 1.39. The lowest BCUT2D eigenvalue weighted by atomic mass is 9.70. The standard InChI is InChI=1S/C41H44ClN3O7/c1-4-6-21-33(47)43-26(3)36(28-17-11-8-12-18-28)51-40(50)34-32-22-23-41(52-32)35(34)38(48)45(31(25-46)27-15-9-7-10-16-27)37(41)39(49)44(24-5-2)30-20-14-13-19-29(30)42/h4-5,7-20,26,31-32,34-37,46H,1-2,6,21-25H2,3H3,(H,43,47)/t26-,31+,32-,34+,35+,36-,37-,41+/m0/s1. The van der Waals surface area contributed by atoms with Crippen molar-refractivity contribution in [2.45, 2.75) is 68.5 Å². The maximum atomic E-state index is 15.0. The van der Waals surface area contributed by atoms with Crippen molar-refractivity contribution in [2.75, 3.05) is 18.1 Å². The molecule has 3 aliphatic rings. The molecule has 3 saturated heterocycles. The SMILES string of the molecule is C=CCCC(=O)N[C@@H](C)[C@H](OC(=O)[C@@H]1[C@@H]2CC[C@]3(O2)[C@H](C(=O)N(CC=C)c2ccccc2Cl)N([C@H](CO)c2ccccc2)C(=O)[C@@H]13)c1ccccc1. The van der Waals surface area contributed by atoms with Crippen molar-refractivity contribution in [1.82, 2.24) is 10.2 Å². The number of nitrogens with one attached hydrogen (secondary N) is 1.